The van der Waals surface area contributed by atoms with E-state index in [1.165, 1.54) is 12.1 Å². The first-order valence-corrected chi connectivity index (χ1v) is 16.5. The van der Waals surface area contributed by atoms with Crippen LogP contribution in [-0.2, 0) is 4.74 Å². The highest BCUT2D eigenvalue weighted by molar-refractivity contribution is 5.59. The van der Waals surface area contributed by atoms with Gasteiger partial charge >= 0.3 is 0 Å². The van der Waals surface area contributed by atoms with E-state index in [0.717, 1.165) is 79.0 Å². The molecule has 2 aromatic rings. The Bertz CT molecular complexity index is 1340. The second kappa shape index (κ2) is 18.3. The summed E-state index contributed by atoms with van der Waals surface area (Å²) < 4.78 is 5.64. The second-order valence-corrected chi connectivity index (χ2v) is 11.0. The largest absolute Gasteiger partial charge is 0.378 e. The molecule has 2 atom stereocenters. The highest BCUT2D eigenvalue weighted by Gasteiger charge is 2.27. The molecule has 2 aliphatic heterocycles. The molecule has 1 N–H and O–H groups in total. The molecule has 0 saturated carbocycles. The van der Waals surface area contributed by atoms with Crippen LogP contribution >= 0.6 is 0 Å². The minimum atomic E-state index is -0.0468. The van der Waals surface area contributed by atoms with Crippen LogP contribution in [0.3, 0.4) is 0 Å². The molecule has 1 unspecified atom stereocenters. The Morgan fingerprint density at radius 1 is 1.09 bits per heavy atom. The van der Waals surface area contributed by atoms with E-state index in [4.69, 9.17) is 14.9 Å². The lowest BCUT2D eigenvalue weighted by molar-refractivity contribution is 0.0561. The van der Waals surface area contributed by atoms with Gasteiger partial charge < -0.3 is 19.9 Å². The van der Waals surface area contributed by atoms with Gasteiger partial charge in [0.2, 0.25) is 0 Å². The molecule has 7 heteroatoms. The topological polar surface area (TPSA) is 77.3 Å². The van der Waals surface area contributed by atoms with Crippen molar-refractivity contribution in [1.82, 2.24) is 15.1 Å². The number of aromatic nitrogens is 2. The first kappa shape index (κ1) is 35.8. The van der Waals surface area contributed by atoms with Crippen molar-refractivity contribution in [3.63, 3.8) is 0 Å². The van der Waals surface area contributed by atoms with Crippen molar-refractivity contribution in [2.45, 2.75) is 88.1 Å². The summed E-state index contributed by atoms with van der Waals surface area (Å²) in [6, 6.07) is 8.17. The summed E-state index contributed by atoms with van der Waals surface area (Å²) in [5, 5.41) is 25.0. The molecule has 2 fully saturated rings. The molecular formula is C36H56N6O. The van der Waals surface area contributed by atoms with E-state index in [9.17, 15) is 5.26 Å². The quantitative estimate of drug-likeness (QED) is 0.374. The Labute approximate surface area is 261 Å². The SMILES string of the molecule is C/C=c1/c(N2CCC(C(C)C)C2)nnc(N[C@H](C)c2cccc(C#N)c2C)/c1=C/C(=C/CC)N1CCOCC1.CC.CC. The molecule has 236 valence electrons. The van der Waals surface area contributed by atoms with Crippen molar-refractivity contribution in [2.24, 2.45) is 11.8 Å². The van der Waals surface area contributed by atoms with Crippen LogP contribution in [0.25, 0.3) is 12.2 Å². The number of nitrogens with zero attached hydrogens (tertiary/aromatic N) is 5. The molecule has 0 aliphatic carbocycles. The smallest absolute Gasteiger partial charge is 0.159 e. The van der Waals surface area contributed by atoms with E-state index in [-0.39, 0.29) is 6.04 Å². The van der Waals surface area contributed by atoms with Gasteiger partial charge in [-0.15, -0.1) is 10.2 Å². The summed E-state index contributed by atoms with van der Waals surface area (Å²) in [5.74, 6) is 3.04. The molecule has 1 aromatic heterocycles. The number of benzene rings is 1. The zero-order chi connectivity index (χ0) is 31.9. The van der Waals surface area contributed by atoms with Crippen LogP contribution in [0.15, 0.2) is 30.0 Å². The van der Waals surface area contributed by atoms with Crippen molar-refractivity contribution >= 4 is 23.8 Å². The number of hydrogen-bond donors (Lipinski definition) is 1. The first-order chi connectivity index (χ1) is 20.9. The van der Waals surface area contributed by atoms with Gasteiger partial charge in [-0.25, -0.2) is 0 Å². The predicted molar refractivity (Wildman–Crippen MR) is 182 cm³/mol. The number of rotatable bonds is 8. The number of ether oxygens (including phenoxy) is 1. The second-order valence-electron chi connectivity index (χ2n) is 11.0. The predicted octanol–water partition coefficient (Wildman–Crippen LogP) is 6.57. The Morgan fingerprint density at radius 2 is 1.79 bits per heavy atom. The summed E-state index contributed by atoms with van der Waals surface area (Å²) >= 11 is 0. The maximum atomic E-state index is 9.56. The fraction of sp³-hybridized carbons (Fsp3) is 0.583. The van der Waals surface area contributed by atoms with E-state index < -0.39 is 0 Å². The molecule has 1 aromatic carbocycles. The Kier molecular flexibility index (Phi) is 15.3. The molecule has 2 aliphatic rings. The van der Waals surface area contributed by atoms with Gasteiger partial charge in [0.1, 0.15) is 0 Å². The Hall–Kier alpha value is -3.37. The highest BCUT2D eigenvalue weighted by Crippen LogP contribution is 2.26. The molecule has 3 heterocycles. The van der Waals surface area contributed by atoms with E-state index in [1.807, 2.05) is 46.8 Å². The number of anilines is 2. The number of nitrogens with one attached hydrogen (secondary N) is 1. The third-order valence-electron chi connectivity index (χ3n) is 8.18. The van der Waals surface area contributed by atoms with Crippen molar-refractivity contribution in [1.29, 1.82) is 5.26 Å². The van der Waals surface area contributed by atoms with Crippen molar-refractivity contribution < 1.29 is 4.74 Å². The normalized spacial score (nSPS) is 18.5. The van der Waals surface area contributed by atoms with Gasteiger partial charge in [0.25, 0.3) is 0 Å². The van der Waals surface area contributed by atoms with E-state index in [1.54, 1.807) is 0 Å². The maximum absolute atomic E-state index is 9.56. The van der Waals surface area contributed by atoms with Gasteiger partial charge in [-0.2, -0.15) is 5.26 Å². The summed E-state index contributed by atoms with van der Waals surface area (Å²) in [6.45, 7) is 26.3. The lowest BCUT2D eigenvalue weighted by atomic mass is 9.95. The zero-order valence-corrected chi connectivity index (χ0v) is 28.5. The van der Waals surface area contributed by atoms with E-state index in [0.29, 0.717) is 17.4 Å². The number of allylic oxidation sites excluding steroid dienone is 2. The fourth-order valence-electron chi connectivity index (χ4n) is 5.73. The summed E-state index contributed by atoms with van der Waals surface area (Å²) in [6.07, 6.45) is 8.89. The third kappa shape index (κ3) is 9.06. The Morgan fingerprint density at radius 3 is 2.37 bits per heavy atom. The third-order valence-corrected chi connectivity index (χ3v) is 8.18. The van der Waals surface area contributed by atoms with Gasteiger partial charge in [-0.05, 0) is 68.7 Å². The number of morpholine rings is 1. The molecule has 4 rings (SSSR count). The molecule has 0 amide bonds. The van der Waals surface area contributed by atoms with Gasteiger partial charge in [-0.1, -0.05) is 72.8 Å². The number of hydrogen-bond acceptors (Lipinski definition) is 7. The summed E-state index contributed by atoms with van der Waals surface area (Å²) in [5.41, 5.74) is 3.98. The van der Waals surface area contributed by atoms with Crippen LogP contribution in [0.5, 0.6) is 0 Å². The molecule has 7 nitrogen and oxygen atoms in total. The van der Waals surface area contributed by atoms with Gasteiger partial charge in [0, 0.05) is 42.3 Å². The minimum absolute atomic E-state index is 0.0468. The maximum Gasteiger partial charge on any atom is 0.159 e. The molecule has 2 saturated heterocycles. The monoisotopic (exact) mass is 588 g/mol. The standard InChI is InChI=1S/C32H44N6O.2C2H6/c1-7-10-27(37-15-17-39-18-16-37)19-30-28(8-2)32(38-14-13-26(21-38)22(3)4)36-35-31(30)34-24(6)29-12-9-11-25(20-33)23(29)5;2*1-2/h8-12,19,22,24,26H,7,13-18,21H2,1-6H3,(H,34,35);2*1-2H3/b27-10-,28-8+,30-19+;;/t24-,26?;;/m1../s1. The molecule has 0 spiro atoms. The minimum Gasteiger partial charge on any atom is -0.378 e. The van der Waals surface area contributed by atoms with E-state index >= 15 is 0 Å². The van der Waals surface area contributed by atoms with Crippen molar-refractivity contribution in [3.05, 3.63) is 57.1 Å². The Balaban J connectivity index is 0.00000155. The van der Waals surface area contributed by atoms with Crippen molar-refractivity contribution in [2.75, 3.05) is 49.6 Å². The fourth-order valence-corrected chi connectivity index (χ4v) is 5.73. The molecule has 0 bridgehead atoms. The lowest BCUT2D eigenvalue weighted by Gasteiger charge is -2.30. The highest BCUT2D eigenvalue weighted by atomic mass is 16.5. The van der Waals surface area contributed by atoms with Gasteiger partial charge in [-0.3, -0.25) is 0 Å². The van der Waals surface area contributed by atoms with Crippen LogP contribution in [-0.4, -0.2) is 54.5 Å². The average Bonchev–Trinajstić information content (AvgIpc) is 3.54. The average molecular weight is 589 g/mol. The van der Waals surface area contributed by atoms with Crippen LogP contribution in [0.1, 0.15) is 97.9 Å². The van der Waals surface area contributed by atoms with Crippen molar-refractivity contribution in [3.8, 4) is 6.07 Å². The summed E-state index contributed by atoms with van der Waals surface area (Å²) in [4.78, 5) is 4.82. The lowest BCUT2D eigenvalue weighted by Crippen LogP contribution is -2.40. The zero-order valence-electron chi connectivity index (χ0n) is 28.5. The molecule has 43 heavy (non-hydrogen) atoms. The molecule has 0 radical (unpaired) electrons. The van der Waals surface area contributed by atoms with Crippen LogP contribution in [0.2, 0.25) is 0 Å². The van der Waals surface area contributed by atoms with Gasteiger partial charge in [0.05, 0.1) is 30.9 Å². The number of nitriles is 1. The molecular weight excluding hydrogens is 532 g/mol. The van der Waals surface area contributed by atoms with E-state index in [2.05, 4.69) is 80.1 Å². The van der Waals surface area contributed by atoms with Gasteiger partial charge in [0.15, 0.2) is 11.6 Å². The first-order valence-electron chi connectivity index (χ1n) is 16.5. The summed E-state index contributed by atoms with van der Waals surface area (Å²) in [7, 11) is 0. The van der Waals surface area contributed by atoms with Crippen LogP contribution in [0, 0.1) is 30.1 Å². The van der Waals surface area contributed by atoms with Crippen LogP contribution < -0.4 is 20.7 Å². The van der Waals surface area contributed by atoms with Crippen LogP contribution in [0.4, 0.5) is 11.6 Å².